The van der Waals surface area contributed by atoms with Crippen molar-refractivity contribution in [1.29, 1.82) is 0 Å². The molecule has 4 heteroatoms. The molecule has 20 heavy (non-hydrogen) atoms. The number of ether oxygens (including phenoxy) is 1. The summed E-state index contributed by atoms with van der Waals surface area (Å²) < 4.78 is 7.04. The van der Waals surface area contributed by atoms with E-state index in [0.717, 1.165) is 29.6 Å². The van der Waals surface area contributed by atoms with Crippen LogP contribution < -0.4 is 0 Å². The quantitative estimate of drug-likeness (QED) is 0.806. The summed E-state index contributed by atoms with van der Waals surface area (Å²) >= 11 is 0. The lowest BCUT2D eigenvalue weighted by atomic mass is 9.92. The summed E-state index contributed by atoms with van der Waals surface area (Å²) in [7, 11) is 0. The molecule has 1 unspecified atom stereocenters. The highest BCUT2D eigenvalue weighted by Crippen LogP contribution is 2.29. The molecule has 0 saturated carbocycles. The van der Waals surface area contributed by atoms with Gasteiger partial charge in [-0.2, -0.15) is 0 Å². The van der Waals surface area contributed by atoms with Crippen molar-refractivity contribution in [2.24, 2.45) is 5.92 Å². The second-order valence-electron chi connectivity index (χ2n) is 5.22. The molecule has 1 aliphatic heterocycles. The number of Topliss-reactive ketones (excluding diaryl/α,β-unsaturated/α-hetero) is 1. The van der Waals surface area contributed by atoms with Gasteiger partial charge in [-0.05, 0) is 25.0 Å². The minimum atomic E-state index is -0.289. The molecule has 104 valence electrons. The van der Waals surface area contributed by atoms with Crippen LogP contribution in [0.25, 0.3) is 10.9 Å². The van der Waals surface area contributed by atoms with Gasteiger partial charge in [0.25, 0.3) is 0 Å². The van der Waals surface area contributed by atoms with Crippen molar-refractivity contribution >= 4 is 22.7 Å². The van der Waals surface area contributed by atoms with Crippen molar-refractivity contribution in [3.63, 3.8) is 0 Å². The predicted molar refractivity (Wildman–Crippen MR) is 75.6 cm³/mol. The van der Waals surface area contributed by atoms with Crippen molar-refractivity contribution in [3.8, 4) is 0 Å². The Bertz CT molecular complexity index is 671. The summed E-state index contributed by atoms with van der Waals surface area (Å²) in [4.78, 5) is 23.3. The first-order valence-electron chi connectivity index (χ1n) is 6.92. The fourth-order valence-corrected chi connectivity index (χ4v) is 2.90. The largest absolute Gasteiger partial charge is 0.466 e. The second-order valence-corrected chi connectivity index (χ2v) is 5.22. The van der Waals surface area contributed by atoms with E-state index in [-0.39, 0.29) is 17.7 Å². The van der Waals surface area contributed by atoms with E-state index in [4.69, 9.17) is 4.74 Å². The molecule has 1 aliphatic rings. The molecule has 0 N–H and O–H groups in total. The number of esters is 1. The third-order valence-corrected chi connectivity index (χ3v) is 3.91. The number of benzene rings is 1. The van der Waals surface area contributed by atoms with Crippen molar-refractivity contribution in [2.75, 3.05) is 6.61 Å². The van der Waals surface area contributed by atoms with Gasteiger partial charge in [0.15, 0.2) is 5.78 Å². The molecule has 0 aliphatic carbocycles. The van der Waals surface area contributed by atoms with Crippen LogP contribution in [-0.4, -0.2) is 22.9 Å². The average molecular weight is 271 g/mol. The Hall–Kier alpha value is -2.10. The van der Waals surface area contributed by atoms with E-state index >= 15 is 0 Å². The fourth-order valence-electron chi connectivity index (χ4n) is 2.90. The van der Waals surface area contributed by atoms with Gasteiger partial charge < -0.3 is 9.30 Å². The number of para-hydroxylation sites is 1. The normalized spacial score (nSPS) is 18.1. The van der Waals surface area contributed by atoms with Crippen LogP contribution in [0.3, 0.4) is 0 Å². The van der Waals surface area contributed by atoms with Crippen LogP contribution in [0.5, 0.6) is 0 Å². The van der Waals surface area contributed by atoms with E-state index < -0.39 is 0 Å². The van der Waals surface area contributed by atoms with Crippen molar-refractivity contribution in [1.82, 2.24) is 4.57 Å². The SMILES string of the molecule is CC(=O)OCCC1CCn2c(cc3ccccc32)C1=O. The van der Waals surface area contributed by atoms with Crippen molar-refractivity contribution in [3.05, 3.63) is 36.0 Å². The summed E-state index contributed by atoms with van der Waals surface area (Å²) in [5.41, 5.74) is 1.90. The smallest absolute Gasteiger partial charge is 0.302 e. The topological polar surface area (TPSA) is 48.3 Å². The molecule has 2 heterocycles. The standard InChI is InChI=1S/C16H17NO3/c1-11(18)20-9-7-12-6-8-17-14-5-3-2-4-13(14)10-15(17)16(12)19/h2-5,10,12H,6-9H2,1H3. The van der Waals surface area contributed by atoms with Crippen LogP contribution in [0.4, 0.5) is 0 Å². The molecule has 1 atom stereocenters. The van der Waals surface area contributed by atoms with Gasteiger partial charge in [0.1, 0.15) is 0 Å². The molecule has 0 amide bonds. The molecule has 3 rings (SSSR count). The number of hydrogen-bond donors (Lipinski definition) is 0. The van der Waals surface area contributed by atoms with Gasteiger partial charge in [-0.3, -0.25) is 9.59 Å². The van der Waals surface area contributed by atoms with Gasteiger partial charge in [0.05, 0.1) is 12.3 Å². The number of hydrogen-bond acceptors (Lipinski definition) is 3. The lowest BCUT2D eigenvalue weighted by molar-refractivity contribution is -0.141. The Morgan fingerprint density at radius 3 is 3.00 bits per heavy atom. The molecule has 0 radical (unpaired) electrons. The molecule has 0 saturated heterocycles. The van der Waals surface area contributed by atoms with Gasteiger partial charge in [-0.15, -0.1) is 0 Å². The first kappa shape index (κ1) is 12.9. The summed E-state index contributed by atoms with van der Waals surface area (Å²) in [6, 6.07) is 10.0. The molecule has 4 nitrogen and oxygen atoms in total. The Kier molecular flexibility index (Phi) is 3.30. The highest BCUT2D eigenvalue weighted by atomic mass is 16.5. The Morgan fingerprint density at radius 2 is 2.20 bits per heavy atom. The number of ketones is 1. The Balaban J connectivity index is 1.82. The van der Waals surface area contributed by atoms with Crippen molar-refractivity contribution < 1.29 is 14.3 Å². The highest BCUT2D eigenvalue weighted by Gasteiger charge is 2.28. The maximum Gasteiger partial charge on any atom is 0.302 e. The van der Waals surface area contributed by atoms with E-state index in [0.29, 0.717) is 13.0 Å². The summed E-state index contributed by atoms with van der Waals surface area (Å²) in [6.45, 7) is 2.56. The number of nitrogens with zero attached hydrogens (tertiary/aromatic N) is 1. The molecule has 1 aromatic carbocycles. The van der Waals surface area contributed by atoms with E-state index in [1.165, 1.54) is 6.92 Å². The number of carbonyl (C=O) groups is 2. The van der Waals surface area contributed by atoms with E-state index in [1.807, 2.05) is 30.3 Å². The molecular weight excluding hydrogens is 254 g/mol. The zero-order valence-corrected chi connectivity index (χ0v) is 11.5. The van der Waals surface area contributed by atoms with E-state index in [2.05, 4.69) is 4.57 Å². The van der Waals surface area contributed by atoms with Gasteiger partial charge in [-0.1, -0.05) is 18.2 Å². The summed E-state index contributed by atoms with van der Waals surface area (Å²) in [6.07, 6.45) is 1.42. The molecule has 0 spiro atoms. The van der Waals surface area contributed by atoms with Crippen LogP contribution in [-0.2, 0) is 16.1 Å². The monoisotopic (exact) mass is 271 g/mol. The van der Waals surface area contributed by atoms with E-state index in [1.54, 1.807) is 0 Å². The van der Waals surface area contributed by atoms with Crippen LogP contribution in [0, 0.1) is 5.92 Å². The minimum Gasteiger partial charge on any atom is -0.466 e. The average Bonchev–Trinajstić information content (AvgIpc) is 2.81. The van der Waals surface area contributed by atoms with Gasteiger partial charge in [-0.25, -0.2) is 0 Å². The second kappa shape index (κ2) is 5.12. The zero-order valence-electron chi connectivity index (χ0n) is 11.5. The molecular formula is C16H17NO3. The van der Waals surface area contributed by atoms with Gasteiger partial charge in [0, 0.05) is 30.3 Å². The lowest BCUT2D eigenvalue weighted by Crippen LogP contribution is -2.27. The number of fused-ring (bicyclic) bond motifs is 3. The summed E-state index contributed by atoms with van der Waals surface area (Å²) in [5.74, 6) is -0.159. The van der Waals surface area contributed by atoms with Gasteiger partial charge >= 0.3 is 5.97 Å². The summed E-state index contributed by atoms with van der Waals surface area (Å²) in [5, 5.41) is 1.11. The van der Waals surface area contributed by atoms with Gasteiger partial charge in [0.2, 0.25) is 0 Å². The molecule has 0 fully saturated rings. The number of aromatic nitrogens is 1. The van der Waals surface area contributed by atoms with Crippen molar-refractivity contribution in [2.45, 2.75) is 26.3 Å². The Morgan fingerprint density at radius 1 is 1.40 bits per heavy atom. The molecule has 1 aromatic heterocycles. The minimum absolute atomic E-state index is 0.0360. The number of aryl methyl sites for hydroxylation is 1. The molecule has 0 bridgehead atoms. The molecule has 2 aromatic rings. The van der Waals surface area contributed by atoms with Crippen LogP contribution in [0.1, 0.15) is 30.3 Å². The lowest BCUT2D eigenvalue weighted by Gasteiger charge is -2.23. The Labute approximate surface area is 117 Å². The first-order valence-corrected chi connectivity index (χ1v) is 6.92. The van der Waals surface area contributed by atoms with E-state index in [9.17, 15) is 9.59 Å². The first-order chi connectivity index (χ1) is 9.66. The maximum atomic E-state index is 12.5. The highest BCUT2D eigenvalue weighted by molar-refractivity contribution is 6.02. The third-order valence-electron chi connectivity index (χ3n) is 3.91. The fraction of sp³-hybridized carbons (Fsp3) is 0.375. The maximum absolute atomic E-state index is 12.5. The van der Waals surface area contributed by atoms with Crippen LogP contribution in [0.15, 0.2) is 30.3 Å². The number of carbonyl (C=O) groups excluding carboxylic acids is 2. The van der Waals surface area contributed by atoms with Crippen LogP contribution in [0.2, 0.25) is 0 Å². The predicted octanol–water partition coefficient (Wildman–Crippen LogP) is 2.80. The van der Waals surface area contributed by atoms with Crippen LogP contribution >= 0.6 is 0 Å². The number of rotatable bonds is 3. The zero-order chi connectivity index (χ0) is 14.1. The third kappa shape index (κ3) is 2.22.